The summed E-state index contributed by atoms with van der Waals surface area (Å²) in [4.78, 5) is 4.05. The number of amidine groups is 1. The highest BCUT2D eigenvalue weighted by molar-refractivity contribution is 9.09. The molecule has 0 aliphatic rings. The molecule has 0 heterocycles. The Kier molecular flexibility index (Phi) is 6.76. The molecule has 0 aliphatic carbocycles. The van der Waals surface area contributed by atoms with E-state index in [9.17, 15) is 0 Å². The maximum absolute atomic E-state index is 8.20. The van der Waals surface area contributed by atoms with E-state index in [1.165, 1.54) is 11.8 Å². The Bertz CT molecular complexity index is 151. The Morgan fingerprint density at radius 3 is 3.00 bits per heavy atom. The standard InChI is InChI=1S/C5H8BrN3S/c1-10-5(9-4-7)8-3-2-6/h2-3H2,1H3,(H,8,9). The predicted molar refractivity (Wildman–Crippen MR) is 48.4 cm³/mol. The normalized spacial score (nSPS) is 10.7. The van der Waals surface area contributed by atoms with Gasteiger partial charge in [-0.2, -0.15) is 5.26 Å². The van der Waals surface area contributed by atoms with Crippen LogP contribution in [0.25, 0.3) is 0 Å². The van der Waals surface area contributed by atoms with E-state index in [0.29, 0.717) is 11.7 Å². The summed E-state index contributed by atoms with van der Waals surface area (Å²) in [5.74, 6) is 0. The molecule has 0 aromatic carbocycles. The van der Waals surface area contributed by atoms with Crippen molar-refractivity contribution in [1.82, 2.24) is 5.32 Å². The average molecular weight is 222 g/mol. The minimum absolute atomic E-state index is 0.668. The molecule has 0 aromatic rings. The van der Waals surface area contributed by atoms with Gasteiger partial charge in [0, 0.05) is 5.33 Å². The molecular formula is C5H8BrN3S. The maximum Gasteiger partial charge on any atom is 0.183 e. The molecule has 1 N–H and O–H groups in total. The minimum atomic E-state index is 0.668. The number of rotatable bonds is 2. The van der Waals surface area contributed by atoms with Crippen LogP contribution < -0.4 is 5.32 Å². The van der Waals surface area contributed by atoms with Crippen molar-refractivity contribution in [3.8, 4) is 6.19 Å². The Morgan fingerprint density at radius 2 is 2.60 bits per heavy atom. The largest absolute Gasteiger partial charge is 0.272 e. The summed E-state index contributed by atoms with van der Waals surface area (Å²) >= 11 is 4.66. The van der Waals surface area contributed by atoms with Crippen molar-refractivity contribution in [1.29, 1.82) is 5.26 Å². The Labute approximate surface area is 73.0 Å². The number of nitrogens with one attached hydrogen (secondary N) is 1. The van der Waals surface area contributed by atoms with E-state index in [1.807, 2.05) is 12.4 Å². The third-order valence-electron chi connectivity index (χ3n) is 0.696. The second-order valence-electron chi connectivity index (χ2n) is 1.32. The molecule has 0 aromatic heterocycles. The molecule has 56 valence electrons. The molecule has 0 bridgehead atoms. The first kappa shape index (κ1) is 9.79. The van der Waals surface area contributed by atoms with Gasteiger partial charge < -0.3 is 0 Å². The molecule has 10 heavy (non-hydrogen) atoms. The third-order valence-corrected chi connectivity index (χ3v) is 1.67. The van der Waals surface area contributed by atoms with Crippen LogP contribution in [0.15, 0.2) is 4.99 Å². The number of alkyl halides is 1. The van der Waals surface area contributed by atoms with E-state index in [4.69, 9.17) is 5.26 Å². The number of halogens is 1. The van der Waals surface area contributed by atoms with Crippen LogP contribution in [0, 0.1) is 11.5 Å². The molecule has 0 atom stereocenters. The van der Waals surface area contributed by atoms with Crippen LogP contribution in [0.1, 0.15) is 0 Å². The van der Waals surface area contributed by atoms with Crippen LogP contribution >= 0.6 is 27.7 Å². The zero-order valence-electron chi connectivity index (χ0n) is 5.59. The summed E-state index contributed by atoms with van der Waals surface area (Å²) in [6.45, 7) is 0.699. The fourth-order valence-corrected chi connectivity index (χ4v) is 0.892. The van der Waals surface area contributed by atoms with Crippen molar-refractivity contribution in [3.05, 3.63) is 0 Å². The van der Waals surface area contributed by atoms with Gasteiger partial charge in [0.15, 0.2) is 11.4 Å². The smallest absolute Gasteiger partial charge is 0.183 e. The number of hydrogen-bond donors (Lipinski definition) is 1. The molecule has 0 amide bonds. The van der Waals surface area contributed by atoms with Crippen molar-refractivity contribution in [2.24, 2.45) is 4.99 Å². The third kappa shape index (κ3) is 4.65. The average Bonchev–Trinajstić information content (AvgIpc) is 1.98. The van der Waals surface area contributed by atoms with Crippen LogP contribution in [-0.2, 0) is 0 Å². The van der Waals surface area contributed by atoms with Gasteiger partial charge in [-0.3, -0.25) is 10.3 Å². The lowest BCUT2D eigenvalue weighted by molar-refractivity contribution is 1.13. The van der Waals surface area contributed by atoms with Gasteiger partial charge in [0.2, 0.25) is 0 Å². The molecule has 0 unspecified atom stereocenters. The molecule has 0 radical (unpaired) electrons. The fourth-order valence-electron chi connectivity index (χ4n) is 0.347. The Hall–Kier alpha value is -0.210. The van der Waals surface area contributed by atoms with Gasteiger partial charge in [0.1, 0.15) is 0 Å². The highest BCUT2D eigenvalue weighted by Crippen LogP contribution is 1.94. The van der Waals surface area contributed by atoms with Crippen molar-refractivity contribution in [2.45, 2.75) is 0 Å². The van der Waals surface area contributed by atoms with Gasteiger partial charge in [-0.1, -0.05) is 27.7 Å². The summed E-state index contributed by atoms with van der Waals surface area (Å²) in [5.41, 5.74) is 0. The zero-order chi connectivity index (χ0) is 7.82. The van der Waals surface area contributed by atoms with Crippen LogP contribution in [0.5, 0.6) is 0 Å². The first-order valence-electron chi connectivity index (χ1n) is 2.64. The molecule has 0 fully saturated rings. The molecule has 5 heteroatoms. The van der Waals surface area contributed by atoms with Gasteiger partial charge in [0.25, 0.3) is 0 Å². The monoisotopic (exact) mass is 221 g/mol. The molecular weight excluding hydrogens is 214 g/mol. The molecule has 0 spiro atoms. The number of nitriles is 1. The van der Waals surface area contributed by atoms with Gasteiger partial charge in [-0.25, -0.2) is 0 Å². The molecule has 0 rings (SSSR count). The summed E-state index contributed by atoms with van der Waals surface area (Å²) in [6.07, 6.45) is 3.68. The number of thioether (sulfide) groups is 1. The van der Waals surface area contributed by atoms with E-state index in [1.54, 1.807) is 0 Å². The molecule has 3 nitrogen and oxygen atoms in total. The van der Waals surface area contributed by atoms with Crippen molar-refractivity contribution in [2.75, 3.05) is 18.1 Å². The quantitative estimate of drug-likeness (QED) is 0.251. The zero-order valence-corrected chi connectivity index (χ0v) is 8.00. The van der Waals surface area contributed by atoms with Gasteiger partial charge in [0.05, 0.1) is 6.54 Å². The molecule has 0 saturated heterocycles. The highest BCUT2D eigenvalue weighted by atomic mass is 79.9. The van der Waals surface area contributed by atoms with Crippen molar-refractivity contribution >= 4 is 32.9 Å². The summed E-state index contributed by atoms with van der Waals surface area (Å²) < 4.78 is 0. The predicted octanol–water partition coefficient (Wildman–Crippen LogP) is 1.17. The van der Waals surface area contributed by atoms with Gasteiger partial charge >= 0.3 is 0 Å². The fraction of sp³-hybridized carbons (Fsp3) is 0.600. The first-order chi connectivity index (χ1) is 4.85. The van der Waals surface area contributed by atoms with Crippen LogP contribution in [-0.4, -0.2) is 23.3 Å². The van der Waals surface area contributed by atoms with E-state index in [2.05, 4.69) is 26.2 Å². The number of hydrogen-bond acceptors (Lipinski definition) is 3. The summed E-state index contributed by atoms with van der Waals surface area (Å²) in [7, 11) is 0. The molecule has 0 saturated carbocycles. The van der Waals surface area contributed by atoms with Crippen LogP contribution in [0.4, 0.5) is 0 Å². The van der Waals surface area contributed by atoms with E-state index >= 15 is 0 Å². The summed E-state index contributed by atoms with van der Waals surface area (Å²) in [5, 5.41) is 12.2. The lowest BCUT2D eigenvalue weighted by Crippen LogP contribution is -2.13. The van der Waals surface area contributed by atoms with Crippen molar-refractivity contribution < 1.29 is 0 Å². The van der Waals surface area contributed by atoms with Gasteiger partial charge in [-0.15, -0.1) is 0 Å². The van der Waals surface area contributed by atoms with E-state index < -0.39 is 0 Å². The first-order valence-corrected chi connectivity index (χ1v) is 4.99. The summed E-state index contributed by atoms with van der Waals surface area (Å²) in [6, 6.07) is 0. The minimum Gasteiger partial charge on any atom is -0.272 e. The SMILES string of the molecule is CSC(=NCCBr)NC#N. The highest BCUT2D eigenvalue weighted by Gasteiger charge is 1.90. The molecule has 0 aliphatic heterocycles. The van der Waals surface area contributed by atoms with E-state index in [-0.39, 0.29) is 0 Å². The van der Waals surface area contributed by atoms with E-state index in [0.717, 1.165) is 5.33 Å². The lowest BCUT2D eigenvalue weighted by atomic mass is 10.8. The Morgan fingerprint density at radius 1 is 1.90 bits per heavy atom. The second-order valence-corrected chi connectivity index (χ2v) is 2.90. The van der Waals surface area contributed by atoms with Crippen molar-refractivity contribution in [3.63, 3.8) is 0 Å². The van der Waals surface area contributed by atoms with Crippen LogP contribution in [0.3, 0.4) is 0 Å². The maximum atomic E-state index is 8.20. The topological polar surface area (TPSA) is 48.2 Å². The second kappa shape index (κ2) is 6.90. The number of nitrogens with zero attached hydrogens (tertiary/aromatic N) is 2. The number of aliphatic imine (C=N–C) groups is 1. The van der Waals surface area contributed by atoms with Crippen LogP contribution in [0.2, 0.25) is 0 Å². The Balaban J connectivity index is 3.69. The van der Waals surface area contributed by atoms with Gasteiger partial charge in [-0.05, 0) is 6.26 Å². The lowest BCUT2D eigenvalue weighted by Gasteiger charge is -1.96.